The minimum atomic E-state index is 0.201. The smallest absolute Gasteiger partial charge is 0.168 e. The van der Waals surface area contributed by atoms with Gasteiger partial charge in [-0.2, -0.15) is 0 Å². The number of tetrazole rings is 1. The second kappa shape index (κ2) is 8.97. The van der Waals surface area contributed by atoms with Crippen molar-refractivity contribution in [1.82, 2.24) is 25.1 Å². The van der Waals surface area contributed by atoms with E-state index in [1.807, 2.05) is 22.9 Å². The number of anilines is 1. The molecule has 4 rings (SSSR count). The molecule has 1 saturated heterocycles. The van der Waals surface area contributed by atoms with Crippen molar-refractivity contribution in [2.75, 3.05) is 31.1 Å². The van der Waals surface area contributed by atoms with Crippen molar-refractivity contribution in [3.8, 4) is 0 Å². The molecule has 0 unspecified atom stereocenters. The molecule has 0 amide bonds. The Kier molecular flexibility index (Phi) is 6.16. The molecule has 0 N–H and O–H groups in total. The molecule has 0 spiro atoms. The Hall–Kier alpha value is -2.38. The quantitative estimate of drug-likeness (QED) is 0.583. The van der Waals surface area contributed by atoms with E-state index in [1.165, 1.54) is 11.3 Å². The molecule has 2 aromatic heterocycles. The predicted octanol–water partition coefficient (Wildman–Crippen LogP) is 3.94. The minimum absolute atomic E-state index is 0.201. The van der Waals surface area contributed by atoms with Crippen LogP contribution in [-0.4, -0.2) is 51.3 Å². The molecule has 3 heterocycles. The van der Waals surface area contributed by atoms with Gasteiger partial charge in [-0.1, -0.05) is 31.0 Å². The largest absolute Gasteiger partial charge is 0.467 e. The molecule has 8 heteroatoms. The lowest BCUT2D eigenvalue weighted by atomic mass is 10.1. The van der Waals surface area contributed by atoms with Crippen LogP contribution >= 0.6 is 11.6 Å². The first kappa shape index (κ1) is 19.9. The number of rotatable bonds is 7. The standard InChI is InChI=1S/C21H27ClN6O/c1-3-5-19(21-23-24-25-28(21)15-18-6-4-13-29-18)26-9-11-27(12-10-26)20-14-17(22)8-7-16(20)2/h4,6-8,13-14,19H,3,5,9-12,15H2,1-2H3/t19-/m0/s1. The Morgan fingerprint density at radius 2 is 2.00 bits per heavy atom. The van der Waals surface area contributed by atoms with Crippen LogP contribution in [0.5, 0.6) is 0 Å². The van der Waals surface area contributed by atoms with Gasteiger partial charge < -0.3 is 9.32 Å². The second-order valence-electron chi connectivity index (χ2n) is 7.53. The van der Waals surface area contributed by atoms with Gasteiger partial charge in [0.05, 0.1) is 12.3 Å². The first-order valence-electron chi connectivity index (χ1n) is 10.2. The zero-order chi connectivity index (χ0) is 20.2. The number of halogens is 1. The summed E-state index contributed by atoms with van der Waals surface area (Å²) in [7, 11) is 0. The fourth-order valence-electron chi connectivity index (χ4n) is 4.06. The summed E-state index contributed by atoms with van der Waals surface area (Å²) in [6.07, 6.45) is 3.78. The van der Waals surface area contributed by atoms with E-state index in [0.717, 1.165) is 55.6 Å². The molecule has 1 aromatic carbocycles. The van der Waals surface area contributed by atoms with E-state index >= 15 is 0 Å². The molecular formula is C21H27ClN6O. The molecule has 1 aliphatic rings. The number of piperazine rings is 1. The third kappa shape index (κ3) is 4.46. The van der Waals surface area contributed by atoms with Crippen LogP contribution in [0.15, 0.2) is 41.0 Å². The molecule has 1 fully saturated rings. The Morgan fingerprint density at radius 1 is 1.17 bits per heavy atom. The van der Waals surface area contributed by atoms with Gasteiger partial charge in [-0.05, 0) is 53.6 Å². The lowest BCUT2D eigenvalue weighted by molar-refractivity contribution is 0.164. The number of furan rings is 1. The van der Waals surface area contributed by atoms with E-state index in [1.54, 1.807) is 6.26 Å². The van der Waals surface area contributed by atoms with Crippen LogP contribution in [0.4, 0.5) is 5.69 Å². The molecule has 1 aliphatic heterocycles. The molecule has 0 aliphatic carbocycles. The summed E-state index contributed by atoms with van der Waals surface area (Å²) in [5.41, 5.74) is 2.49. The van der Waals surface area contributed by atoms with Gasteiger partial charge in [0.1, 0.15) is 12.3 Å². The fourth-order valence-corrected chi connectivity index (χ4v) is 4.23. The first-order valence-corrected chi connectivity index (χ1v) is 10.6. The maximum atomic E-state index is 6.23. The van der Waals surface area contributed by atoms with Crippen molar-refractivity contribution in [2.24, 2.45) is 0 Å². The van der Waals surface area contributed by atoms with Gasteiger partial charge in [0.25, 0.3) is 0 Å². The Balaban J connectivity index is 1.48. The van der Waals surface area contributed by atoms with Gasteiger partial charge in [0.15, 0.2) is 5.82 Å². The van der Waals surface area contributed by atoms with Gasteiger partial charge in [-0.25, -0.2) is 4.68 Å². The van der Waals surface area contributed by atoms with Crippen LogP contribution in [0, 0.1) is 6.92 Å². The SMILES string of the molecule is CCC[C@@H](c1nnnn1Cc1ccco1)N1CCN(c2cc(Cl)ccc2C)CC1. The van der Waals surface area contributed by atoms with Gasteiger partial charge in [0, 0.05) is 36.9 Å². The monoisotopic (exact) mass is 414 g/mol. The maximum absolute atomic E-state index is 6.23. The van der Waals surface area contributed by atoms with Gasteiger partial charge >= 0.3 is 0 Å². The van der Waals surface area contributed by atoms with Crippen LogP contribution < -0.4 is 4.90 Å². The summed E-state index contributed by atoms with van der Waals surface area (Å²) in [5, 5.41) is 13.3. The highest BCUT2D eigenvalue weighted by molar-refractivity contribution is 6.30. The van der Waals surface area contributed by atoms with Crippen LogP contribution in [0.3, 0.4) is 0 Å². The molecule has 1 atom stereocenters. The van der Waals surface area contributed by atoms with Gasteiger partial charge in [0.2, 0.25) is 0 Å². The molecule has 154 valence electrons. The van der Waals surface area contributed by atoms with Crippen molar-refractivity contribution in [3.05, 3.63) is 58.8 Å². The Labute approximate surface area is 176 Å². The van der Waals surface area contributed by atoms with Gasteiger partial charge in [-0.15, -0.1) is 5.10 Å². The summed E-state index contributed by atoms with van der Waals surface area (Å²) < 4.78 is 7.35. The summed E-state index contributed by atoms with van der Waals surface area (Å²) >= 11 is 6.23. The second-order valence-corrected chi connectivity index (χ2v) is 7.97. The molecule has 0 bridgehead atoms. The fraction of sp³-hybridized carbons (Fsp3) is 0.476. The summed E-state index contributed by atoms with van der Waals surface area (Å²) in [5.74, 6) is 1.77. The maximum Gasteiger partial charge on any atom is 0.168 e. The van der Waals surface area contributed by atoms with Crippen LogP contribution in [0.1, 0.15) is 43.0 Å². The summed E-state index contributed by atoms with van der Waals surface area (Å²) in [4.78, 5) is 4.93. The molecule has 0 radical (unpaired) electrons. The number of aromatic nitrogens is 4. The van der Waals surface area contributed by atoms with Crippen molar-refractivity contribution in [1.29, 1.82) is 0 Å². The molecule has 7 nitrogen and oxygen atoms in total. The first-order chi connectivity index (χ1) is 14.2. The average Bonchev–Trinajstić information content (AvgIpc) is 3.41. The zero-order valence-corrected chi connectivity index (χ0v) is 17.7. The molecule has 3 aromatic rings. The number of hydrogen-bond donors (Lipinski definition) is 0. The average molecular weight is 415 g/mol. The number of aryl methyl sites for hydroxylation is 1. The van der Waals surface area contributed by atoms with E-state index in [-0.39, 0.29) is 6.04 Å². The van der Waals surface area contributed by atoms with Crippen molar-refractivity contribution in [3.63, 3.8) is 0 Å². The Bertz CT molecular complexity index is 917. The van der Waals surface area contributed by atoms with Crippen molar-refractivity contribution in [2.45, 2.75) is 39.3 Å². The lowest BCUT2D eigenvalue weighted by Gasteiger charge is -2.40. The predicted molar refractivity (Wildman–Crippen MR) is 113 cm³/mol. The van der Waals surface area contributed by atoms with Crippen LogP contribution in [-0.2, 0) is 6.54 Å². The minimum Gasteiger partial charge on any atom is -0.467 e. The number of benzene rings is 1. The Morgan fingerprint density at radius 3 is 2.72 bits per heavy atom. The number of nitrogens with zero attached hydrogens (tertiary/aromatic N) is 6. The molecule has 29 heavy (non-hydrogen) atoms. The van der Waals surface area contributed by atoms with Crippen LogP contribution in [0.25, 0.3) is 0 Å². The topological polar surface area (TPSA) is 63.2 Å². The van der Waals surface area contributed by atoms with E-state index < -0.39 is 0 Å². The summed E-state index contributed by atoms with van der Waals surface area (Å²) in [6, 6.07) is 10.2. The van der Waals surface area contributed by atoms with Crippen LogP contribution in [0.2, 0.25) is 5.02 Å². The zero-order valence-electron chi connectivity index (χ0n) is 17.0. The van der Waals surface area contributed by atoms with Crippen molar-refractivity contribution >= 4 is 17.3 Å². The molecule has 0 saturated carbocycles. The van der Waals surface area contributed by atoms with E-state index in [2.05, 4.69) is 51.3 Å². The van der Waals surface area contributed by atoms with Gasteiger partial charge in [-0.3, -0.25) is 4.90 Å². The number of hydrogen-bond acceptors (Lipinski definition) is 6. The highest BCUT2D eigenvalue weighted by Gasteiger charge is 2.29. The highest BCUT2D eigenvalue weighted by atomic mass is 35.5. The van der Waals surface area contributed by atoms with E-state index in [4.69, 9.17) is 16.0 Å². The van der Waals surface area contributed by atoms with E-state index in [9.17, 15) is 0 Å². The lowest BCUT2D eigenvalue weighted by Crippen LogP contribution is -2.48. The third-order valence-corrected chi connectivity index (χ3v) is 5.81. The molecular weight excluding hydrogens is 388 g/mol. The third-order valence-electron chi connectivity index (χ3n) is 5.57. The normalized spacial score (nSPS) is 16.3. The summed E-state index contributed by atoms with van der Waals surface area (Å²) in [6.45, 7) is 8.74. The van der Waals surface area contributed by atoms with E-state index in [0.29, 0.717) is 6.54 Å². The highest BCUT2D eigenvalue weighted by Crippen LogP contribution is 2.29. The van der Waals surface area contributed by atoms with Crippen molar-refractivity contribution < 1.29 is 4.42 Å².